The van der Waals surface area contributed by atoms with E-state index in [1.807, 2.05) is 0 Å². The molecule has 5 heteroatoms. The van der Waals surface area contributed by atoms with E-state index >= 15 is 0 Å². The minimum atomic E-state index is 0.0475. The highest BCUT2D eigenvalue weighted by atomic mass is 79.9. The van der Waals surface area contributed by atoms with E-state index in [0.29, 0.717) is 18.2 Å². The van der Waals surface area contributed by atoms with Crippen LogP contribution in [0.4, 0.5) is 5.69 Å². The van der Waals surface area contributed by atoms with Gasteiger partial charge in [0, 0.05) is 28.6 Å². The molecule has 0 atom stereocenters. The van der Waals surface area contributed by atoms with Crippen molar-refractivity contribution in [3.05, 3.63) is 27.7 Å². The predicted molar refractivity (Wildman–Crippen MR) is 71.3 cm³/mol. The molecule has 0 radical (unpaired) electrons. The molecule has 0 aromatic heterocycles. The molecule has 1 aromatic carbocycles. The maximum Gasteiger partial charge on any atom is 0.227 e. The molecule has 1 aliphatic heterocycles. The lowest BCUT2D eigenvalue weighted by atomic mass is 9.99. The van der Waals surface area contributed by atoms with Crippen LogP contribution < -0.4 is 5.32 Å². The van der Waals surface area contributed by atoms with Gasteiger partial charge in [0.2, 0.25) is 5.91 Å². The fourth-order valence-electron chi connectivity index (χ4n) is 1.79. The third-order valence-corrected chi connectivity index (χ3v) is 3.67. The number of amides is 1. The van der Waals surface area contributed by atoms with Gasteiger partial charge >= 0.3 is 0 Å². The third kappa shape index (κ3) is 3.44. The predicted octanol–water partition coefficient (Wildman–Crippen LogP) is 3.47. The summed E-state index contributed by atoms with van der Waals surface area (Å²) < 4.78 is 6.03. The lowest BCUT2D eigenvalue weighted by Crippen LogP contribution is -2.28. The van der Waals surface area contributed by atoms with Crippen molar-refractivity contribution in [2.75, 3.05) is 18.5 Å². The Balaban J connectivity index is 2.02. The number of hydrogen-bond donors (Lipinski definition) is 1. The van der Waals surface area contributed by atoms with Gasteiger partial charge in [0.15, 0.2) is 0 Å². The fraction of sp³-hybridized carbons (Fsp3) is 0.417. The van der Waals surface area contributed by atoms with E-state index < -0.39 is 0 Å². The largest absolute Gasteiger partial charge is 0.381 e. The Hall–Kier alpha value is -0.580. The molecule has 1 amide bonds. The molecule has 1 aromatic rings. The van der Waals surface area contributed by atoms with Gasteiger partial charge in [-0.05, 0) is 47.0 Å². The van der Waals surface area contributed by atoms with Crippen LogP contribution in [0.25, 0.3) is 0 Å². The smallest absolute Gasteiger partial charge is 0.227 e. The normalized spacial score (nSPS) is 16.8. The second-order valence-corrected chi connectivity index (χ2v) is 5.29. The van der Waals surface area contributed by atoms with Crippen molar-refractivity contribution in [3.8, 4) is 0 Å². The lowest BCUT2D eigenvalue weighted by Gasteiger charge is -2.21. The second-order valence-electron chi connectivity index (χ2n) is 4.00. The van der Waals surface area contributed by atoms with Crippen LogP contribution >= 0.6 is 27.5 Å². The summed E-state index contributed by atoms with van der Waals surface area (Å²) in [5.41, 5.74) is 0.755. The highest BCUT2D eigenvalue weighted by molar-refractivity contribution is 9.10. The van der Waals surface area contributed by atoms with Crippen molar-refractivity contribution >= 4 is 39.1 Å². The summed E-state index contributed by atoms with van der Waals surface area (Å²) >= 11 is 9.22. The van der Waals surface area contributed by atoms with Crippen molar-refractivity contribution in [1.82, 2.24) is 0 Å². The number of carbonyl (C=O) groups is 1. The number of anilines is 1. The Morgan fingerprint density at radius 2 is 2.12 bits per heavy atom. The number of hydrogen-bond acceptors (Lipinski definition) is 2. The molecule has 1 fully saturated rings. The van der Waals surface area contributed by atoms with Crippen molar-refractivity contribution in [3.63, 3.8) is 0 Å². The first-order valence-corrected chi connectivity index (χ1v) is 6.67. The van der Waals surface area contributed by atoms with E-state index in [1.54, 1.807) is 18.2 Å². The molecule has 1 saturated heterocycles. The maximum absolute atomic E-state index is 12.0. The number of rotatable bonds is 2. The zero-order valence-electron chi connectivity index (χ0n) is 9.21. The molecule has 0 bridgehead atoms. The molecule has 0 saturated carbocycles. The SMILES string of the molecule is O=C(Nc1ccc(Cl)cc1Br)C1CCOCC1. The molecular formula is C12H13BrClNO2. The molecule has 3 nitrogen and oxygen atoms in total. The summed E-state index contributed by atoms with van der Waals surface area (Å²) in [6, 6.07) is 5.32. The van der Waals surface area contributed by atoms with Gasteiger partial charge in [-0.15, -0.1) is 0 Å². The average Bonchev–Trinajstić information content (AvgIpc) is 2.34. The van der Waals surface area contributed by atoms with Gasteiger partial charge in [0.1, 0.15) is 0 Å². The van der Waals surface area contributed by atoms with Crippen LogP contribution in [0.15, 0.2) is 22.7 Å². The standard InChI is InChI=1S/C12H13BrClNO2/c13-10-7-9(14)1-2-11(10)15-12(16)8-3-5-17-6-4-8/h1-2,7-8H,3-6H2,(H,15,16). The van der Waals surface area contributed by atoms with Gasteiger partial charge in [0.25, 0.3) is 0 Å². The molecule has 0 spiro atoms. The van der Waals surface area contributed by atoms with E-state index in [-0.39, 0.29) is 11.8 Å². The molecule has 1 heterocycles. The zero-order chi connectivity index (χ0) is 12.3. The van der Waals surface area contributed by atoms with Gasteiger partial charge in [-0.25, -0.2) is 0 Å². The van der Waals surface area contributed by atoms with Crippen LogP contribution in [0.5, 0.6) is 0 Å². The van der Waals surface area contributed by atoms with Gasteiger partial charge in [-0.1, -0.05) is 11.6 Å². The zero-order valence-corrected chi connectivity index (χ0v) is 11.6. The topological polar surface area (TPSA) is 38.3 Å². The Morgan fingerprint density at radius 3 is 2.76 bits per heavy atom. The van der Waals surface area contributed by atoms with Crippen molar-refractivity contribution in [1.29, 1.82) is 0 Å². The van der Waals surface area contributed by atoms with Gasteiger partial charge in [-0.3, -0.25) is 4.79 Å². The second kappa shape index (κ2) is 5.85. The minimum Gasteiger partial charge on any atom is -0.381 e. The Labute approximate surface area is 114 Å². The Morgan fingerprint density at radius 1 is 1.41 bits per heavy atom. The van der Waals surface area contributed by atoms with Crippen LogP contribution in [0.2, 0.25) is 5.02 Å². The third-order valence-electron chi connectivity index (χ3n) is 2.78. The quantitative estimate of drug-likeness (QED) is 0.907. The summed E-state index contributed by atoms with van der Waals surface area (Å²) in [7, 11) is 0. The first-order chi connectivity index (χ1) is 8.16. The van der Waals surface area contributed by atoms with Gasteiger partial charge < -0.3 is 10.1 Å². The Kier molecular flexibility index (Phi) is 4.42. The van der Waals surface area contributed by atoms with Crippen LogP contribution in [-0.2, 0) is 9.53 Å². The van der Waals surface area contributed by atoms with Crippen LogP contribution in [-0.4, -0.2) is 19.1 Å². The lowest BCUT2D eigenvalue weighted by molar-refractivity contribution is -0.122. The van der Waals surface area contributed by atoms with E-state index in [0.717, 1.165) is 23.0 Å². The number of nitrogens with one attached hydrogen (secondary N) is 1. The first-order valence-electron chi connectivity index (χ1n) is 5.50. The molecule has 0 unspecified atom stereocenters. The highest BCUT2D eigenvalue weighted by Gasteiger charge is 2.21. The Bertz CT molecular complexity index is 419. The molecule has 0 aliphatic carbocycles. The number of halogens is 2. The summed E-state index contributed by atoms with van der Waals surface area (Å²) in [5, 5.41) is 3.55. The van der Waals surface area contributed by atoms with Gasteiger partial charge in [-0.2, -0.15) is 0 Å². The van der Waals surface area contributed by atoms with E-state index in [2.05, 4.69) is 21.2 Å². The minimum absolute atomic E-state index is 0.0475. The number of benzene rings is 1. The molecular weight excluding hydrogens is 305 g/mol. The van der Waals surface area contributed by atoms with E-state index in [9.17, 15) is 4.79 Å². The first kappa shape index (κ1) is 12.9. The van der Waals surface area contributed by atoms with Crippen molar-refractivity contribution < 1.29 is 9.53 Å². The van der Waals surface area contributed by atoms with Crippen LogP contribution in [0.1, 0.15) is 12.8 Å². The summed E-state index contributed by atoms with van der Waals surface area (Å²) in [4.78, 5) is 12.0. The van der Waals surface area contributed by atoms with Crippen molar-refractivity contribution in [2.45, 2.75) is 12.8 Å². The van der Waals surface area contributed by atoms with Crippen LogP contribution in [0.3, 0.4) is 0 Å². The average molecular weight is 319 g/mol. The summed E-state index contributed by atoms with van der Waals surface area (Å²) in [5.74, 6) is 0.0997. The summed E-state index contributed by atoms with van der Waals surface area (Å²) in [6.07, 6.45) is 1.58. The fourth-order valence-corrected chi connectivity index (χ4v) is 2.57. The highest BCUT2D eigenvalue weighted by Crippen LogP contribution is 2.27. The van der Waals surface area contributed by atoms with E-state index in [4.69, 9.17) is 16.3 Å². The molecule has 92 valence electrons. The molecule has 2 rings (SSSR count). The van der Waals surface area contributed by atoms with Gasteiger partial charge in [0.05, 0.1) is 5.69 Å². The molecule has 1 N–H and O–H groups in total. The molecule has 17 heavy (non-hydrogen) atoms. The number of ether oxygens (including phenoxy) is 1. The van der Waals surface area contributed by atoms with Crippen molar-refractivity contribution in [2.24, 2.45) is 5.92 Å². The molecule has 1 aliphatic rings. The monoisotopic (exact) mass is 317 g/mol. The maximum atomic E-state index is 12.0. The van der Waals surface area contributed by atoms with E-state index in [1.165, 1.54) is 0 Å². The summed E-state index contributed by atoms with van der Waals surface area (Å²) in [6.45, 7) is 1.33. The number of carbonyl (C=O) groups excluding carboxylic acids is 1. The van der Waals surface area contributed by atoms with Crippen LogP contribution in [0, 0.1) is 5.92 Å².